The van der Waals surface area contributed by atoms with E-state index in [1.165, 1.54) is 96.5 Å². The number of unbranched alkanes of at least 4 members (excludes halogenated alkanes) is 4. The molecule has 5 heteroatoms. The normalized spacial score (nSPS) is 12.5. The summed E-state index contributed by atoms with van der Waals surface area (Å²) < 4.78 is 24.4. The third-order valence-corrected chi connectivity index (χ3v) is 12.7. The van der Waals surface area contributed by atoms with Crippen LogP contribution in [0.4, 0.5) is 0 Å². The van der Waals surface area contributed by atoms with Gasteiger partial charge >= 0.3 is 0 Å². The van der Waals surface area contributed by atoms with Crippen LogP contribution in [0.1, 0.15) is 130 Å². The lowest BCUT2D eigenvalue weighted by atomic mass is 9.92. The van der Waals surface area contributed by atoms with Crippen molar-refractivity contribution >= 4 is 22.8 Å². The Morgan fingerprint density at radius 2 is 0.746 bits per heavy atom. The number of hydrogen-bond donors (Lipinski definition) is 0. The molecule has 6 aromatic rings. The minimum Gasteiger partial charge on any atom is -0.489 e. The van der Waals surface area contributed by atoms with E-state index in [0.29, 0.717) is 25.0 Å². The van der Waals surface area contributed by atoms with Gasteiger partial charge in [0.25, 0.3) is 0 Å². The summed E-state index contributed by atoms with van der Waals surface area (Å²) in [5, 5.41) is 0. The molecule has 0 aliphatic carbocycles. The topological polar surface area (TPSA) is 44.2 Å². The quantitative estimate of drug-likeness (QED) is 0.0611. The summed E-state index contributed by atoms with van der Waals surface area (Å²) in [6.45, 7) is 14.9. The standard InChI is InChI=1S/C54H68N2O2S/c1-7-13-17-39(11-5)37-57-53-49(47-33-29-45(30-34-47)43-25-21-41(22-26-43)19-15-9-3)51-52(56-59-55-51)50(54(53)58-38-40(12-6)18-14-8-2)48-35-31-46(32-36-48)44-27-23-42(24-28-44)20-16-10-4/h21-36,39-40H,7-20,37-38H2,1-6H3. The first-order chi connectivity index (χ1) is 29.0. The van der Waals surface area contributed by atoms with Crippen LogP contribution in [-0.2, 0) is 12.8 Å². The number of hydrogen-bond acceptors (Lipinski definition) is 5. The molecule has 0 spiro atoms. The van der Waals surface area contributed by atoms with Crippen LogP contribution in [0, 0.1) is 11.8 Å². The minimum atomic E-state index is 0.451. The number of nitrogens with zero attached hydrogens (tertiary/aromatic N) is 2. The third kappa shape index (κ3) is 11.4. The van der Waals surface area contributed by atoms with Gasteiger partial charge in [0.2, 0.25) is 0 Å². The Labute approximate surface area is 360 Å². The maximum atomic E-state index is 7.16. The molecule has 2 unspecified atom stereocenters. The van der Waals surface area contributed by atoms with Crippen molar-refractivity contribution in [3.63, 3.8) is 0 Å². The number of ether oxygens (including phenoxy) is 2. The summed E-state index contributed by atoms with van der Waals surface area (Å²) in [5.74, 6) is 2.48. The van der Waals surface area contributed by atoms with Gasteiger partial charge in [-0.25, -0.2) is 0 Å². The number of rotatable bonds is 24. The molecule has 0 radical (unpaired) electrons. The van der Waals surface area contributed by atoms with Crippen LogP contribution in [-0.4, -0.2) is 22.0 Å². The second kappa shape index (κ2) is 22.8. The van der Waals surface area contributed by atoms with E-state index in [1.54, 1.807) is 0 Å². The van der Waals surface area contributed by atoms with Gasteiger partial charge in [-0.1, -0.05) is 190 Å². The van der Waals surface area contributed by atoms with E-state index in [1.807, 2.05) is 0 Å². The van der Waals surface area contributed by atoms with Gasteiger partial charge in [-0.05, 0) is 94.9 Å². The molecular weight excluding hydrogens is 741 g/mol. The molecule has 4 nitrogen and oxygen atoms in total. The smallest absolute Gasteiger partial charge is 0.172 e. The van der Waals surface area contributed by atoms with Crippen molar-refractivity contribution in [3.05, 3.63) is 108 Å². The Morgan fingerprint density at radius 1 is 0.424 bits per heavy atom. The molecule has 1 aromatic heterocycles. The second-order valence-corrected chi connectivity index (χ2v) is 17.1. The van der Waals surface area contributed by atoms with Gasteiger partial charge in [0.05, 0.1) is 36.1 Å². The van der Waals surface area contributed by atoms with E-state index in [4.69, 9.17) is 18.2 Å². The van der Waals surface area contributed by atoms with Crippen LogP contribution < -0.4 is 9.47 Å². The van der Waals surface area contributed by atoms with Gasteiger partial charge in [-0.15, -0.1) is 0 Å². The second-order valence-electron chi connectivity index (χ2n) is 16.6. The lowest BCUT2D eigenvalue weighted by Gasteiger charge is -2.24. The molecule has 0 saturated carbocycles. The van der Waals surface area contributed by atoms with E-state index in [0.717, 1.165) is 83.3 Å². The van der Waals surface area contributed by atoms with Crippen molar-refractivity contribution < 1.29 is 9.47 Å². The van der Waals surface area contributed by atoms with Gasteiger partial charge in [0.1, 0.15) is 11.0 Å². The highest BCUT2D eigenvalue weighted by Gasteiger charge is 2.28. The van der Waals surface area contributed by atoms with Crippen LogP contribution in [0.2, 0.25) is 0 Å². The summed E-state index contributed by atoms with van der Waals surface area (Å²) in [6.07, 6.45) is 16.3. The van der Waals surface area contributed by atoms with Crippen LogP contribution in [0.25, 0.3) is 55.5 Å². The largest absolute Gasteiger partial charge is 0.489 e. The molecule has 0 bridgehead atoms. The van der Waals surface area contributed by atoms with Crippen LogP contribution in [0.3, 0.4) is 0 Å². The Bertz CT molecular complexity index is 1980. The molecule has 0 amide bonds. The molecule has 5 aromatic carbocycles. The number of aryl methyl sites for hydroxylation is 2. The van der Waals surface area contributed by atoms with Crippen LogP contribution in [0.15, 0.2) is 97.1 Å². The maximum absolute atomic E-state index is 7.16. The Morgan fingerprint density at radius 3 is 1.07 bits per heavy atom. The highest BCUT2D eigenvalue weighted by molar-refractivity contribution is 7.00. The van der Waals surface area contributed by atoms with Gasteiger partial charge in [-0.2, -0.15) is 8.75 Å². The molecule has 0 aliphatic heterocycles. The molecule has 1 heterocycles. The molecule has 6 rings (SSSR count). The van der Waals surface area contributed by atoms with E-state index in [9.17, 15) is 0 Å². The summed E-state index contributed by atoms with van der Waals surface area (Å²) in [6, 6.07) is 36.0. The van der Waals surface area contributed by atoms with Crippen molar-refractivity contribution in [3.8, 4) is 56.0 Å². The first kappa shape index (κ1) is 44.1. The highest BCUT2D eigenvalue weighted by Crippen LogP contribution is 2.51. The lowest BCUT2D eigenvalue weighted by molar-refractivity contribution is 0.201. The van der Waals surface area contributed by atoms with E-state index < -0.39 is 0 Å². The average molecular weight is 809 g/mol. The summed E-state index contributed by atoms with van der Waals surface area (Å²) in [5.41, 5.74) is 13.5. The third-order valence-electron chi connectivity index (χ3n) is 12.2. The Kier molecular flexibility index (Phi) is 17.0. The molecule has 2 atom stereocenters. The maximum Gasteiger partial charge on any atom is 0.172 e. The monoisotopic (exact) mass is 809 g/mol. The van der Waals surface area contributed by atoms with E-state index >= 15 is 0 Å². The van der Waals surface area contributed by atoms with Gasteiger partial charge in [-0.3, -0.25) is 0 Å². The zero-order valence-electron chi connectivity index (χ0n) is 36.8. The molecular formula is C54H68N2O2S. The van der Waals surface area contributed by atoms with E-state index in [2.05, 4.69) is 139 Å². The van der Waals surface area contributed by atoms with Gasteiger partial charge in [0.15, 0.2) is 11.5 Å². The number of fused-ring (bicyclic) bond motifs is 1. The molecule has 0 saturated heterocycles. The van der Waals surface area contributed by atoms with Crippen molar-refractivity contribution in [2.45, 2.75) is 131 Å². The Balaban J connectivity index is 1.47. The van der Waals surface area contributed by atoms with Crippen molar-refractivity contribution in [2.75, 3.05) is 13.2 Å². The van der Waals surface area contributed by atoms with Gasteiger partial charge in [0, 0.05) is 0 Å². The first-order valence-corrected chi connectivity index (χ1v) is 23.7. The van der Waals surface area contributed by atoms with Crippen molar-refractivity contribution in [1.82, 2.24) is 8.75 Å². The van der Waals surface area contributed by atoms with E-state index in [-0.39, 0.29) is 0 Å². The number of benzene rings is 5. The van der Waals surface area contributed by atoms with Gasteiger partial charge < -0.3 is 9.47 Å². The summed E-state index contributed by atoms with van der Waals surface area (Å²) >= 11 is 1.27. The highest BCUT2D eigenvalue weighted by atomic mass is 32.1. The van der Waals surface area contributed by atoms with Crippen molar-refractivity contribution in [2.24, 2.45) is 11.8 Å². The zero-order chi connectivity index (χ0) is 41.4. The fraction of sp³-hybridized carbons (Fsp3) is 0.444. The fourth-order valence-electron chi connectivity index (χ4n) is 8.12. The molecule has 312 valence electrons. The Hall–Kier alpha value is -4.48. The van der Waals surface area contributed by atoms with Crippen LogP contribution in [0.5, 0.6) is 11.5 Å². The van der Waals surface area contributed by atoms with Crippen LogP contribution >= 0.6 is 11.7 Å². The summed E-state index contributed by atoms with van der Waals surface area (Å²) in [4.78, 5) is 0. The summed E-state index contributed by atoms with van der Waals surface area (Å²) in [7, 11) is 0. The minimum absolute atomic E-state index is 0.451. The van der Waals surface area contributed by atoms with Crippen molar-refractivity contribution in [1.29, 1.82) is 0 Å². The lowest BCUT2D eigenvalue weighted by Crippen LogP contribution is -2.15. The fourth-order valence-corrected chi connectivity index (χ4v) is 8.68. The molecule has 0 N–H and O–H groups in total. The first-order valence-electron chi connectivity index (χ1n) is 23.0. The predicted octanol–water partition coefficient (Wildman–Crippen LogP) is 16.2. The molecule has 0 aliphatic rings. The zero-order valence-corrected chi connectivity index (χ0v) is 37.6. The molecule has 0 fully saturated rings. The SMILES string of the molecule is CCCCc1ccc(-c2ccc(-c3c(OCC(CC)CCCC)c(OCC(CC)CCCC)c(-c4ccc(-c5ccc(CCCC)cc5)cc4)c4nsnc34)cc2)cc1. The predicted molar refractivity (Wildman–Crippen MR) is 254 cm³/mol. The average Bonchev–Trinajstić information content (AvgIpc) is 3.77. The molecule has 59 heavy (non-hydrogen) atoms. The number of aromatic nitrogens is 2.